The summed E-state index contributed by atoms with van der Waals surface area (Å²) >= 11 is 0. The van der Waals surface area contributed by atoms with Crippen LogP contribution in [0, 0.1) is 13.8 Å². The van der Waals surface area contributed by atoms with Crippen molar-refractivity contribution in [2.75, 3.05) is 7.11 Å². The molecule has 106 valence electrons. The van der Waals surface area contributed by atoms with Crippen LogP contribution in [0.2, 0.25) is 0 Å². The molecule has 2 rings (SSSR count). The molecule has 2 nitrogen and oxygen atoms in total. The predicted molar refractivity (Wildman–Crippen MR) is 84.2 cm³/mol. The molecule has 0 radical (unpaired) electrons. The van der Waals surface area contributed by atoms with Crippen LogP contribution < -0.4 is 10.5 Å². The van der Waals surface area contributed by atoms with Crippen LogP contribution in [0.1, 0.15) is 35.6 Å². The SMILES string of the molecule is CCC(N)(c1ccccc1)c1c(C)cc(C)cc1OC. The topological polar surface area (TPSA) is 35.2 Å². The van der Waals surface area contributed by atoms with Crippen LogP contribution in [-0.4, -0.2) is 7.11 Å². The molecule has 0 saturated carbocycles. The third-order valence-electron chi connectivity index (χ3n) is 3.96. The van der Waals surface area contributed by atoms with Gasteiger partial charge < -0.3 is 10.5 Å². The highest BCUT2D eigenvalue weighted by Gasteiger charge is 2.32. The number of benzene rings is 2. The molecule has 2 heteroatoms. The molecule has 0 aromatic heterocycles. The van der Waals surface area contributed by atoms with Crippen LogP contribution in [0.15, 0.2) is 42.5 Å². The summed E-state index contributed by atoms with van der Waals surface area (Å²) in [6.07, 6.45) is 0.817. The lowest BCUT2D eigenvalue weighted by Gasteiger charge is -2.32. The zero-order chi connectivity index (χ0) is 14.8. The summed E-state index contributed by atoms with van der Waals surface area (Å²) in [6.45, 7) is 6.29. The smallest absolute Gasteiger partial charge is 0.124 e. The van der Waals surface area contributed by atoms with Gasteiger partial charge in [-0.15, -0.1) is 0 Å². The molecule has 0 fully saturated rings. The Balaban J connectivity index is 2.69. The number of methoxy groups -OCH3 is 1. The molecule has 1 unspecified atom stereocenters. The Kier molecular flexibility index (Phi) is 4.15. The Morgan fingerprint density at radius 3 is 2.30 bits per heavy atom. The van der Waals surface area contributed by atoms with Crippen molar-refractivity contribution in [3.63, 3.8) is 0 Å². The maximum Gasteiger partial charge on any atom is 0.124 e. The van der Waals surface area contributed by atoms with Crippen molar-refractivity contribution < 1.29 is 4.74 Å². The quantitative estimate of drug-likeness (QED) is 0.913. The Bertz CT molecular complexity index is 592. The number of rotatable bonds is 4. The van der Waals surface area contributed by atoms with E-state index in [-0.39, 0.29) is 0 Å². The number of ether oxygens (including phenoxy) is 1. The molecular weight excluding hydrogens is 246 g/mol. The average molecular weight is 269 g/mol. The van der Waals surface area contributed by atoms with Crippen molar-refractivity contribution in [1.29, 1.82) is 0 Å². The lowest BCUT2D eigenvalue weighted by molar-refractivity contribution is 0.390. The molecule has 1 atom stereocenters. The summed E-state index contributed by atoms with van der Waals surface area (Å²) in [6, 6.07) is 14.5. The molecule has 0 spiro atoms. The van der Waals surface area contributed by atoms with E-state index in [1.54, 1.807) is 7.11 Å². The van der Waals surface area contributed by atoms with Crippen LogP contribution in [0.3, 0.4) is 0 Å². The molecule has 0 bridgehead atoms. The third-order valence-corrected chi connectivity index (χ3v) is 3.96. The Labute approximate surface area is 121 Å². The molecule has 0 amide bonds. The number of hydrogen-bond acceptors (Lipinski definition) is 2. The van der Waals surface area contributed by atoms with Crippen molar-refractivity contribution in [3.8, 4) is 5.75 Å². The summed E-state index contributed by atoms with van der Waals surface area (Å²) in [4.78, 5) is 0. The van der Waals surface area contributed by atoms with Gasteiger partial charge in [0.2, 0.25) is 0 Å². The molecule has 0 heterocycles. The van der Waals surface area contributed by atoms with Crippen molar-refractivity contribution in [3.05, 3.63) is 64.7 Å². The van der Waals surface area contributed by atoms with E-state index >= 15 is 0 Å². The van der Waals surface area contributed by atoms with Gasteiger partial charge in [-0.2, -0.15) is 0 Å². The van der Waals surface area contributed by atoms with Crippen molar-refractivity contribution in [2.45, 2.75) is 32.7 Å². The second-order valence-corrected chi connectivity index (χ2v) is 5.35. The first kappa shape index (κ1) is 14.6. The molecule has 2 N–H and O–H groups in total. The van der Waals surface area contributed by atoms with E-state index < -0.39 is 5.54 Å². The van der Waals surface area contributed by atoms with Gasteiger partial charge in [-0.25, -0.2) is 0 Å². The van der Waals surface area contributed by atoms with Gasteiger partial charge in [0.15, 0.2) is 0 Å². The van der Waals surface area contributed by atoms with E-state index in [4.69, 9.17) is 10.5 Å². The van der Waals surface area contributed by atoms with E-state index in [0.717, 1.165) is 23.3 Å². The van der Waals surface area contributed by atoms with Crippen molar-refractivity contribution in [2.24, 2.45) is 5.73 Å². The second kappa shape index (κ2) is 5.68. The molecule has 2 aromatic carbocycles. The Hall–Kier alpha value is -1.80. The Morgan fingerprint density at radius 2 is 1.75 bits per heavy atom. The van der Waals surface area contributed by atoms with Crippen LogP contribution in [0.5, 0.6) is 5.75 Å². The van der Waals surface area contributed by atoms with Gasteiger partial charge in [0, 0.05) is 5.56 Å². The van der Waals surface area contributed by atoms with E-state index in [9.17, 15) is 0 Å². The maximum atomic E-state index is 6.79. The number of aryl methyl sites for hydroxylation is 2. The van der Waals surface area contributed by atoms with Crippen molar-refractivity contribution in [1.82, 2.24) is 0 Å². The predicted octanol–water partition coefficient (Wildman–Crippen LogP) is 3.92. The largest absolute Gasteiger partial charge is 0.496 e. The van der Waals surface area contributed by atoms with Gasteiger partial charge >= 0.3 is 0 Å². The van der Waals surface area contributed by atoms with Crippen LogP contribution >= 0.6 is 0 Å². The standard InChI is InChI=1S/C18H23NO/c1-5-18(19,15-9-7-6-8-10-15)17-14(3)11-13(2)12-16(17)20-4/h6-12H,5,19H2,1-4H3. The zero-order valence-electron chi connectivity index (χ0n) is 12.7. The van der Waals surface area contributed by atoms with E-state index in [1.807, 2.05) is 18.2 Å². The molecule has 0 aliphatic heterocycles. The Morgan fingerprint density at radius 1 is 1.10 bits per heavy atom. The first-order chi connectivity index (χ1) is 9.52. The lowest BCUT2D eigenvalue weighted by atomic mass is 9.78. The second-order valence-electron chi connectivity index (χ2n) is 5.35. The highest BCUT2D eigenvalue weighted by Crippen LogP contribution is 2.38. The summed E-state index contributed by atoms with van der Waals surface area (Å²) in [5, 5.41) is 0. The summed E-state index contributed by atoms with van der Waals surface area (Å²) in [5.41, 5.74) is 10.8. The molecule has 0 aliphatic rings. The van der Waals surface area contributed by atoms with Gasteiger partial charge in [0.05, 0.1) is 12.6 Å². The van der Waals surface area contributed by atoms with Crippen LogP contribution in [0.4, 0.5) is 0 Å². The number of hydrogen-bond donors (Lipinski definition) is 1. The van der Waals surface area contributed by atoms with E-state index in [1.165, 1.54) is 11.1 Å². The van der Waals surface area contributed by atoms with E-state index in [2.05, 4.69) is 45.0 Å². The van der Waals surface area contributed by atoms with E-state index in [0.29, 0.717) is 0 Å². The summed E-state index contributed by atoms with van der Waals surface area (Å²) in [7, 11) is 1.71. The van der Waals surface area contributed by atoms with Crippen LogP contribution in [0.25, 0.3) is 0 Å². The van der Waals surface area contributed by atoms with Gasteiger partial charge in [-0.05, 0) is 43.0 Å². The van der Waals surface area contributed by atoms with Gasteiger partial charge in [-0.3, -0.25) is 0 Å². The number of nitrogens with two attached hydrogens (primary N) is 1. The average Bonchev–Trinajstić information content (AvgIpc) is 2.46. The minimum atomic E-state index is -0.523. The van der Waals surface area contributed by atoms with Gasteiger partial charge in [0.25, 0.3) is 0 Å². The maximum absolute atomic E-state index is 6.79. The van der Waals surface area contributed by atoms with Crippen molar-refractivity contribution >= 4 is 0 Å². The fraction of sp³-hybridized carbons (Fsp3) is 0.333. The fourth-order valence-corrected chi connectivity index (χ4v) is 2.92. The zero-order valence-corrected chi connectivity index (χ0v) is 12.7. The van der Waals surface area contributed by atoms with Gasteiger partial charge in [-0.1, -0.05) is 43.3 Å². The van der Waals surface area contributed by atoms with Crippen LogP contribution in [-0.2, 0) is 5.54 Å². The molecular formula is C18H23NO. The molecule has 20 heavy (non-hydrogen) atoms. The molecule has 2 aromatic rings. The fourth-order valence-electron chi connectivity index (χ4n) is 2.92. The summed E-state index contributed by atoms with van der Waals surface area (Å²) in [5.74, 6) is 0.871. The highest BCUT2D eigenvalue weighted by molar-refractivity contribution is 5.52. The normalized spacial score (nSPS) is 13.8. The minimum absolute atomic E-state index is 0.523. The van der Waals surface area contributed by atoms with Gasteiger partial charge in [0.1, 0.15) is 5.75 Å². The minimum Gasteiger partial charge on any atom is -0.496 e. The first-order valence-electron chi connectivity index (χ1n) is 7.03. The molecule has 0 saturated heterocycles. The highest BCUT2D eigenvalue weighted by atomic mass is 16.5. The third kappa shape index (κ3) is 2.44. The summed E-state index contributed by atoms with van der Waals surface area (Å²) < 4.78 is 5.60. The monoisotopic (exact) mass is 269 g/mol. The first-order valence-corrected chi connectivity index (χ1v) is 7.03. The lowest BCUT2D eigenvalue weighted by Crippen LogP contribution is -2.38. The molecule has 0 aliphatic carbocycles.